The number of likely N-dealkylation sites (tertiary alicyclic amines) is 1. The van der Waals surface area contributed by atoms with Gasteiger partial charge < -0.3 is 19.8 Å². The fourth-order valence-electron chi connectivity index (χ4n) is 3.59. The number of benzene rings is 2. The summed E-state index contributed by atoms with van der Waals surface area (Å²) in [4.78, 5) is 31.4. The quantitative estimate of drug-likeness (QED) is 0.453. The molecule has 6 nitrogen and oxygen atoms in total. The van der Waals surface area contributed by atoms with Crippen molar-refractivity contribution in [3.63, 3.8) is 0 Å². The molecule has 0 radical (unpaired) electrons. The van der Waals surface area contributed by atoms with E-state index in [2.05, 4.69) is 0 Å². The van der Waals surface area contributed by atoms with Crippen molar-refractivity contribution in [2.45, 2.75) is 13.0 Å². The van der Waals surface area contributed by atoms with E-state index >= 15 is 0 Å². The van der Waals surface area contributed by atoms with Crippen molar-refractivity contribution in [3.05, 3.63) is 70.8 Å². The van der Waals surface area contributed by atoms with Crippen molar-refractivity contribution < 1.29 is 14.7 Å². The van der Waals surface area contributed by atoms with Crippen LogP contribution >= 0.6 is 0 Å². The number of aryl methyl sites for hydroxylation is 1. The fourth-order valence-corrected chi connectivity index (χ4v) is 3.59. The van der Waals surface area contributed by atoms with E-state index in [0.717, 1.165) is 16.8 Å². The summed E-state index contributed by atoms with van der Waals surface area (Å²) in [5.41, 5.74) is 3.53. The Hall–Kier alpha value is -3.12. The minimum Gasteiger partial charge on any atom is -0.507 e. The lowest BCUT2D eigenvalue weighted by Crippen LogP contribution is -2.35. The lowest BCUT2D eigenvalue weighted by Gasteiger charge is -2.27. The number of aliphatic hydroxyl groups is 1. The molecule has 1 aliphatic heterocycles. The Morgan fingerprint density at radius 2 is 1.57 bits per heavy atom. The first-order valence-corrected chi connectivity index (χ1v) is 9.98. The van der Waals surface area contributed by atoms with Crippen LogP contribution < -0.4 is 4.90 Å². The number of nitrogens with zero attached hydrogens (tertiary/aromatic N) is 3. The fraction of sp³-hybridized carbons (Fsp3) is 0.333. The molecule has 1 amide bonds. The molecule has 0 saturated carbocycles. The number of likely N-dealkylation sites (N-methyl/N-ethyl adjacent to an activating group) is 1. The Balaban J connectivity index is 2.12. The molecule has 3 rings (SSSR count). The zero-order valence-electron chi connectivity index (χ0n) is 18.2. The largest absolute Gasteiger partial charge is 0.507 e. The zero-order chi connectivity index (χ0) is 22.0. The number of carbonyl (C=O) groups is 2. The minimum atomic E-state index is -0.645. The summed E-state index contributed by atoms with van der Waals surface area (Å²) in [6.45, 7) is 2.96. The molecule has 158 valence electrons. The predicted octanol–water partition coefficient (Wildman–Crippen LogP) is 3.04. The standard InChI is InChI=1S/C24H29N3O3/c1-16-6-8-18(9-7-16)22(28)20-21(17-10-12-19(13-11-17)26(4)5)27(15-14-25(2)3)24(30)23(20)29/h6-13,21,28H,14-15H2,1-5H3/b22-20-. The van der Waals surface area contributed by atoms with Crippen LogP contribution in [0.1, 0.15) is 22.7 Å². The number of anilines is 1. The number of rotatable bonds is 6. The Bertz CT molecular complexity index is 960. The molecule has 1 heterocycles. The highest BCUT2D eigenvalue weighted by molar-refractivity contribution is 6.46. The Kier molecular flexibility index (Phi) is 6.27. The van der Waals surface area contributed by atoms with Gasteiger partial charge in [0.05, 0.1) is 11.6 Å². The van der Waals surface area contributed by atoms with Crippen LogP contribution in [0, 0.1) is 6.92 Å². The van der Waals surface area contributed by atoms with Gasteiger partial charge in [-0.1, -0.05) is 42.0 Å². The molecule has 1 N–H and O–H groups in total. The number of carbonyl (C=O) groups excluding carboxylic acids is 2. The first kappa shape index (κ1) is 21.6. The van der Waals surface area contributed by atoms with E-state index in [1.807, 2.05) is 81.3 Å². The third-order valence-corrected chi connectivity index (χ3v) is 5.38. The second kappa shape index (κ2) is 8.71. The van der Waals surface area contributed by atoms with Gasteiger partial charge in [0, 0.05) is 38.4 Å². The van der Waals surface area contributed by atoms with E-state index in [0.29, 0.717) is 18.7 Å². The molecule has 0 aromatic heterocycles. The number of hydrogen-bond acceptors (Lipinski definition) is 5. The summed E-state index contributed by atoms with van der Waals surface area (Å²) >= 11 is 0. The molecule has 0 spiro atoms. The monoisotopic (exact) mass is 407 g/mol. The number of aliphatic hydroxyl groups excluding tert-OH is 1. The Morgan fingerprint density at radius 3 is 2.10 bits per heavy atom. The maximum Gasteiger partial charge on any atom is 0.295 e. The number of Topliss-reactive ketones (excluding diaryl/α,β-unsaturated/α-hetero) is 1. The Morgan fingerprint density at radius 1 is 0.967 bits per heavy atom. The molecule has 2 aromatic rings. The molecule has 1 atom stereocenters. The summed E-state index contributed by atoms with van der Waals surface area (Å²) in [6.07, 6.45) is 0. The van der Waals surface area contributed by atoms with Gasteiger partial charge in [-0.3, -0.25) is 9.59 Å². The molecule has 2 aromatic carbocycles. The van der Waals surface area contributed by atoms with Crippen LogP contribution in [0.3, 0.4) is 0 Å². The third kappa shape index (κ3) is 4.24. The zero-order valence-corrected chi connectivity index (χ0v) is 18.2. The van der Waals surface area contributed by atoms with Crippen molar-refractivity contribution in [1.29, 1.82) is 0 Å². The van der Waals surface area contributed by atoms with Gasteiger partial charge in [0.15, 0.2) is 0 Å². The van der Waals surface area contributed by atoms with E-state index in [-0.39, 0.29) is 11.3 Å². The first-order chi connectivity index (χ1) is 14.2. The van der Waals surface area contributed by atoms with Gasteiger partial charge in [0.2, 0.25) is 0 Å². The van der Waals surface area contributed by atoms with Gasteiger partial charge >= 0.3 is 0 Å². The molecular formula is C24H29N3O3. The highest BCUT2D eigenvalue weighted by atomic mass is 16.3. The van der Waals surface area contributed by atoms with Crippen molar-refractivity contribution in [3.8, 4) is 0 Å². The van der Waals surface area contributed by atoms with Gasteiger partial charge in [-0.25, -0.2) is 0 Å². The van der Waals surface area contributed by atoms with Gasteiger partial charge in [-0.2, -0.15) is 0 Å². The lowest BCUT2D eigenvalue weighted by atomic mass is 9.95. The molecule has 6 heteroatoms. The molecule has 0 bridgehead atoms. The minimum absolute atomic E-state index is 0.137. The van der Waals surface area contributed by atoms with Gasteiger partial charge in [0.1, 0.15) is 5.76 Å². The summed E-state index contributed by atoms with van der Waals surface area (Å²) in [5, 5.41) is 11.0. The van der Waals surface area contributed by atoms with Crippen LogP contribution in [-0.4, -0.2) is 67.9 Å². The number of amides is 1. The second-order valence-corrected chi connectivity index (χ2v) is 8.15. The van der Waals surface area contributed by atoms with E-state index in [1.54, 1.807) is 17.0 Å². The van der Waals surface area contributed by atoms with Crippen LogP contribution in [-0.2, 0) is 9.59 Å². The predicted molar refractivity (Wildman–Crippen MR) is 120 cm³/mol. The highest BCUT2D eigenvalue weighted by Crippen LogP contribution is 2.39. The molecule has 0 aliphatic carbocycles. The van der Waals surface area contributed by atoms with Gasteiger partial charge in [-0.05, 0) is 38.7 Å². The Labute approximate surface area is 178 Å². The smallest absolute Gasteiger partial charge is 0.295 e. The number of ketones is 1. The highest BCUT2D eigenvalue weighted by Gasteiger charge is 2.45. The summed E-state index contributed by atoms with van der Waals surface area (Å²) < 4.78 is 0. The second-order valence-electron chi connectivity index (χ2n) is 8.15. The maximum absolute atomic E-state index is 13.0. The molecule has 1 unspecified atom stereocenters. The average Bonchev–Trinajstić information content (AvgIpc) is 2.97. The van der Waals surface area contributed by atoms with E-state index in [1.165, 1.54) is 0 Å². The lowest BCUT2D eigenvalue weighted by molar-refractivity contribution is -0.140. The SMILES string of the molecule is Cc1ccc(/C(O)=C2/C(=O)C(=O)N(CCN(C)C)C2c2ccc(N(C)C)cc2)cc1. The molecular weight excluding hydrogens is 378 g/mol. The summed E-state index contributed by atoms with van der Waals surface area (Å²) in [6, 6.07) is 14.4. The first-order valence-electron chi connectivity index (χ1n) is 9.98. The summed E-state index contributed by atoms with van der Waals surface area (Å²) in [5.74, 6) is -1.36. The van der Waals surface area contributed by atoms with Gasteiger partial charge in [0.25, 0.3) is 11.7 Å². The average molecular weight is 408 g/mol. The van der Waals surface area contributed by atoms with Crippen LogP contribution in [0.5, 0.6) is 0 Å². The van der Waals surface area contributed by atoms with Crippen LogP contribution in [0.15, 0.2) is 54.1 Å². The van der Waals surface area contributed by atoms with E-state index in [9.17, 15) is 14.7 Å². The van der Waals surface area contributed by atoms with Gasteiger partial charge in [-0.15, -0.1) is 0 Å². The van der Waals surface area contributed by atoms with Crippen molar-refractivity contribution in [2.24, 2.45) is 0 Å². The molecule has 30 heavy (non-hydrogen) atoms. The summed E-state index contributed by atoms with van der Waals surface area (Å²) in [7, 11) is 7.75. The topological polar surface area (TPSA) is 64.1 Å². The number of hydrogen-bond donors (Lipinski definition) is 1. The normalized spacial score (nSPS) is 18.3. The molecule has 1 saturated heterocycles. The van der Waals surface area contributed by atoms with Crippen LogP contribution in [0.4, 0.5) is 5.69 Å². The van der Waals surface area contributed by atoms with Crippen molar-refractivity contribution in [1.82, 2.24) is 9.80 Å². The van der Waals surface area contributed by atoms with Crippen LogP contribution in [0.25, 0.3) is 5.76 Å². The molecule has 1 aliphatic rings. The van der Waals surface area contributed by atoms with Crippen molar-refractivity contribution in [2.75, 3.05) is 46.2 Å². The van der Waals surface area contributed by atoms with E-state index in [4.69, 9.17) is 0 Å². The molecule has 1 fully saturated rings. The maximum atomic E-state index is 13.0. The van der Waals surface area contributed by atoms with E-state index < -0.39 is 17.7 Å². The van der Waals surface area contributed by atoms with Crippen molar-refractivity contribution >= 4 is 23.1 Å². The third-order valence-electron chi connectivity index (χ3n) is 5.38. The van der Waals surface area contributed by atoms with Crippen LogP contribution in [0.2, 0.25) is 0 Å².